The van der Waals surface area contributed by atoms with E-state index in [1.54, 1.807) is 0 Å². The number of esters is 1. The molecular weight excluding hydrogens is 278 g/mol. The van der Waals surface area contributed by atoms with Gasteiger partial charge in [-0.25, -0.2) is 13.1 Å². The van der Waals surface area contributed by atoms with Gasteiger partial charge in [0.1, 0.15) is 0 Å². The number of nitrogens with one attached hydrogen (secondary N) is 1. The predicted molar refractivity (Wildman–Crippen MR) is 77.6 cm³/mol. The maximum absolute atomic E-state index is 12.0. The molecule has 0 saturated heterocycles. The molecule has 5 nitrogen and oxygen atoms in total. The number of carbonyl (C=O) groups excluding carboxylic acids is 1. The lowest BCUT2D eigenvalue weighted by molar-refractivity contribution is -0.140. The number of ether oxygens (including phenoxy) is 1. The zero-order chi connectivity index (χ0) is 15.0. The van der Waals surface area contributed by atoms with E-state index in [2.05, 4.69) is 9.46 Å². The van der Waals surface area contributed by atoms with E-state index in [4.69, 9.17) is 0 Å². The van der Waals surface area contributed by atoms with Crippen LogP contribution in [0.5, 0.6) is 0 Å². The fourth-order valence-electron chi connectivity index (χ4n) is 1.86. The average molecular weight is 299 g/mol. The van der Waals surface area contributed by atoms with Gasteiger partial charge in [-0.2, -0.15) is 0 Å². The number of benzene rings is 1. The normalized spacial score (nSPS) is 12.9. The molecule has 1 N–H and O–H groups in total. The maximum Gasteiger partial charge on any atom is 0.305 e. The van der Waals surface area contributed by atoms with E-state index in [9.17, 15) is 13.2 Å². The molecule has 0 fully saturated rings. The van der Waals surface area contributed by atoms with Crippen LogP contribution in [0, 0.1) is 0 Å². The SMILES string of the molecule is CCC(NS(=O)(=O)CCCC(=O)OC)c1ccccc1. The van der Waals surface area contributed by atoms with Gasteiger partial charge in [0.25, 0.3) is 0 Å². The van der Waals surface area contributed by atoms with Gasteiger partial charge in [-0.3, -0.25) is 4.79 Å². The van der Waals surface area contributed by atoms with E-state index in [1.165, 1.54) is 7.11 Å². The summed E-state index contributed by atoms with van der Waals surface area (Å²) < 4.78 is 31.1. The van der Waals surface area contributed by atoms with Crippen molar-refractivity contribution in [3.63, 3.8) is 0 Å². The lowest BCUT2D eigenvalue weighted by atomic mass is 10.1. The molecule has 0 aliphatic rings. The quantitative estimate of drug-likeness (QED) is 0.745. The Morgan fingerprint density at radius 2 is 1.95 bits per heavy atom. The summed E-state index contributed by atoms with van der Waals surface area (Å²) in [5.74, 6) is -0.471. The standard InChI is InChI=1S/C14H21NO4S/c1-3-13(12-8-5-4-6-9-12)15-20(17,18)11-7-10-14(16)19-2/h4-6,8-9,13,15H,3,7,10-11H2,1-2H3. The highest BCUT2D eigenvalue weighted by Crippen LogP contribution is 2.17. The summed E-state index contributed by atoms with van der Waals surface area (Å²) in [6, 6.07) is 9.20. The molecule has 1 aromatic carbocycles. The van der Waals surface area contributed by atoms with Gasteiger partial charge in [0.15, 0.2) is 0 Å². The fraction of sp³-hybridized carbons (Fsp3) is 0.500. The molecule has 0 aromatic heterocycles. The minimum atomic E-state index is -3.40. The van der Waals surface area contributed by atoms with Crippen LogP contribution in [-0.2, 0) is 19.6 Å². The van der Waals surface area contributed by atoms with Crippen molar-refractivity contribution in [2.24, 2.45) is 0 Å². The molecule has 0 amide bonds. The van der Waals surface area contributed by atoms with Gasteiger partial charge in [0, 0.05) is 12.5 Å². The average Bonchev–Trinajstić information content (AvgIpc) is 2.45. The van der Waals surface area contributed by atoms with E-state index in [1.807, 2.05) is 37.3 Å². The van der Waals surface area contributed by atoms with Crippen molar-refractivity contribution in [1.29, 1.82) is 0 Å². The van der Waals surface area contributed by atoms with Crippen LogP contribution in [0.25, 0.3) is 0 Å². The zero-order valence-corrected chi connectivity index (χ0v) is 12.7. The third kappa shape index (κ3) is 5.71. The van der Waals surface area contributed by atoms with Crippen molar-refractivity contribution in [1.82, 2.24) is 4.72 Å². The molecule has 1 unspecified atom stereocenters. The lowest BCUT2D eigenvalue weighted by Gasteiger charge is -2.17. The number of methoxy groups -OCH3 is 1. The molecule has 0 heterocycles. The van der Waals surface area contributed by atoms with Crippen molar-refractivity contribution in [2.45, 2.75) is 32.2 Å². The van der Waals surface area contributed by atoms with Gasteiger partial charge in [0.2, 0.25) is 10.0 Å². The van der Waals surface area contributed by atoms with Crippen molar-refractivity contribution < 1.29 is 17.9 Å². The molecule has 0 bridgehead atoms. The number of sulfonamides is 1. The summed E-state index contributed by atoms with van der Waals surface area (Å²) in [5, 5.41) is 0. The van der Waals surface area contributed by atoms with Gasteiger partial charge < -0.3 is 4.74 Å². The van der Waals surface area contributed by atoms with Crippen LogP contribution in [0.2, 0.25) is 0 Å². The van der Waals surface area contributed by atoms with Crippen LogP contribution in [-0.4, -0.2) is 27.2 Å². The third-order valence-electron chi connectivity index (χ3n) is 2.95. The molecule has 1 rings (SSSR count). The first-order valence-corrected chi connectivity index (χ1v) is 8.25. The van der Waals surface area contributed by atoms with Crippen LogP contribution < -0.4 is 4.72 Å². The summed E-state index contributed by atoms with van der Waals surface area (Å²) in [7, 11) is -2.11. The van der Waals surface area contributed by atoms with Crippen LogP contribution in [0.4, 0.5) is 0 Å². The molecule has 1 atom stereocenters. The summed E-state index contributed by atoms with van der Waals surface area (Å²) in [5.41, 5.74) is 0.937. The van der Waals surface area contributed by atoms with E-state index in [-0.39, 0.29) is 24.6 Å². The number of hydrogen-bond acceptors (Lipinski definition) is 4. The summed E-state index contributed by atoms with van der Waals surface area (Å²) in [6.07, 6.45) is 1.03. The highest BCUT2D eigenvalue weighted by Gasteiger charge is 2.18. The first kappa shape index (κ1) is 16.7. The third-order valence-corrected chi connectivity index (χ3v) is 4.42. The largest absolute Gasteiger partial charge is 0.469 e. The zero-order valence-electron chi connectivity index (χ0n) is 11.8. The highest BCUT2D eigenvalue weighted by molar-refractivity contribution is 7.89. The van der Waals surface area contributed by atoms with Crippen molar-refractivity contribution in [2.75, 3.05) is 12.9 Å². The Kier molecular flexibility index (Phi) is 6.67. The van der Waals surface area contributed by atoms with Gasteiger partial charge in [-0.05, 0) is 18.4 Å². The molecule has 0 saturated carbocycles. The van der Waals surface area contributed by atoms with Crippen molar-refractivity contribution >= 4 is 16.0 Å². The van der Waals surface area contributed by atoms with Gasteiger partial charge in [0.05, 0.1) is 12.9 Å². The second-order valence-electron chi connectivity index (χ2n) is 4.49. The second kappa shape index (κ2) is 8.01. The number of carbonyl (C=O) groups is 1. The summed E-state index contributed by atoms with van der Waals surface area (Å²) in [6.45, 7) is 1.93. The Morgan fingerprint density at radius 3 is 2.50 bits per heavy atom. The Balaban J connectivity index is 2.58. The first-order chi connectivity index (χ1) is 9.48. The molecule has 112 valence electrons. The Hall–Kier alpha value is -1.40. The van der Waals surface area contributed by atoms with Gasteiger partial charge >= 0.3 is 5.97 Å². The van der Waals surface area contributed by atoms with E-state index in [0.29, 0.717) is 6.42 Å². The highest BCUT2D eigenvalue weighted by atomic mass is 32.2. The molecule has 20 heavy (non-hydrogen) atoms. The van der Waals surface area contributed by atoms with Crippen molar-refractivity contribution in [3.8, 4) is 0 Å². The topological polar surface area (TPSA) is 72.5 Å². The number of rotatable bonds is 8. The summed E-state index contributed by atoms with van der Waals surface area (Å²) in [4.78, 5) is 11.0. The Labute approximate surface area is 120 Å². The molecule has 0 spiro atoms. The molecule has 0 radical (unpaired) electrons. The fourth-order valence-corrected chi connectivity index (χ4v) is 3.24. The van der Waals surface area contributed by atoms with E-state index < -0.39 is 16.0 Å². The van der Waals surface area contributed by atoms with Crippen LogP contribution in [0.15, 0.2) is 30.3 Å². The smallest absolute Gasteiger partial charge is 0.305 e. The van der Waals surface area contributed by atoms with Crippen LogP contribution in [0.1, 0.15) is 37.8 Å². The van der Waals surface area contributed by atoms with Gasteiger partial charge in [-0.15, -0.1) is 0 Å². The monoisotopic (exact) mass is 299 g/mol. The molecular formula is C14H21NO4S. The minimum Gasteiger partial charge on any atom is -0.469 e. The predicted octanol–water partition coefficient (Wildman–Crippen LogP) is 2.01. The minimum absolute atomic E-state index is 0.0779. The number of hydrogen-bond donors (Lipinski definition) is 1. The van der Waals surface area contributed by atoms with Crippen LogP contribution in [0.3, 0.4) is 0 Å². The van der Waals surface area contributed by atoms with E-state index in [0.717, 1.165) is 5.56 Å². The van der Waals surface area contributed by atoms with Gasteiger partial charge in [-0.1, -0.05) is 37.3 Å². The Bertz CT molecular complexity index is 513. The maximum atomic E-state index is 12.0. The van der Waals surface area contributed by atoms with E-state index >= 15 is 0 Å². The molecule has 1 aromatic rings. The molecule has 0 aliphatic carbocycles. The lowest BCUT2D eigenvalue weighted by Crippen LogP contribution is -2.30. The molecule has 6 heteroatoms. The van der Waals surface area contributed by atoms with Crippen molar-refractivity contribution in [3.05, 3.63) is 35.9 Å². The molecule has 0 aliphatic heterocycles. The summed E-state index contributed by atoms with van der Waals surface area (Å²) >= 11 is 0. The first-order valence-electron chi connectivity index (χ1n) is 6.60. The Morgan fingerprint density at radius 1 is 1.30 bits per heavy atom. The van der Waals surface area contributed by atoms with Crippen LogP contribution >= 0.6 is 0 Å². The second-order valence-corrected chi connectivity index (χ2v) is 6.36.